The summed E-state index contributed by atoms with van der Waals surface area (Å²) in [5.74, 6) is -0.597. The van der Waals surface area contributed by atoms with Crippen LogP contribution in [-0.4, -0.2) is 23.0 Å². The van der Waals surface area contributed by atoms with Gasteiger partial charge in [0, 0.05) is 16.8 Å². The monoisotopic (exact) mass is 299 g/mol. The van der Waals surface area contributed by atoms with Gasteiger partial charge < -0.3 is 15.5 Å². The van der Waals surface area contributed by atoms with Crippen LogP contribution in [-0.2, 0) is 10.2 Å². The van der Waals surface area contributed by atoms with Crippen molar-refractivity contribution in [3.8, 4) is 5.75 Å². The molecule has 2 aromatic heterocycles. The number of nitrogens with one attached hydrogen (secondary N) is 1. The predicted molar refractivity (Wildman–Crippen MR) is 80.2 cm³/mol. The molecule has 3 N–H and O–H groups in total. The second kappa shape index (κ2) is 4.19. The molecular weight excluding hydrogens is 285 g/mol. The van der Waals surface area contributed by atoms with E-state index in [1.165, 1.54) is 13.2 Å². The molecule has 4 rings (SSSR count). The molecule has 112 valence electrons. The van der Waals surface area contributed by atoms with E-state index in [0.717, 1.165) is 21.8 Å². The highest BCUT2D eigenvalue weighted by molar-refractivity contribution is 6.08. The zero-order valence-electron chi connectivity index (χ0n) is 11.9. The Labute approximate surface area is 125 Å². The minimum atomic E-state index is -0.650. The maximum absolute atomic E-state index is 14.0. The van der Waals surface area contributed by atoms with Crippen molar-refractivity contribution >= 4 is 27.7 Å². The fraction of sp³-hybridized carbons (Fsp3) is 0.250. The van der Waals surface area contributed by atoms with Crippen LogP contribution in [0.3, 0.4) is 0 Å². The number of rotatable bonds is 3. The van der Waals surface area contributed by atoms with Gasteiger partial charge in [0.1, 0.15) is 0 Å². The average molecular weight is 299 g/mol. The van der Waals surface area contributed by atoms with Crippen molar-refractivity contribution in [1.82, 2.24) is 9.97 Å². The Morgan fingerprint density at radius 3 is 2.68 bits per heavy atom. The van der Waals surface area contributed by atoms with Crippen LogP contribution in [0.2, 0.25) is 0 Å². The molecule has 5 nitrogen and oxygen atoms in total. The molecule has 0 unspecified atom stereocenters. The maximum atomic E-state index is 14.0. The van der Waals surface area contributed by atoms with Gasteiger partial charge in [0.2, 0.25) is 5.91 Å². The number of fused-ring (bicyclic) bond motifs is 3. The van der Waals surface area contributed by atoms with E-state index in [1.807, 2.05) is 6.07 Å². The Hall–Kier alpha value is -2.63. The minimum Gasteiger partial charge on any atom is -0.494 e. The molecule has 0 spiro atoms. The molecule has 22 heavy (non-hydrogen) atoms. The van der Waals surface area contributed by atoms with Crippen LogP contribution in [0.15, 0.2) is 24.4 Å². The molecule has 1 aliphatic rings. The third-order valence-corrected chi connectivity index (χ3v) is 4.47. The first kappa shape index (κ1) is 13.1. The van der Waals surface area contributed by atoms with E-state index >= 15 is 0 Å². The summed E-state index contributed by atoms with van der Waals surface area (Å²) >= 11 is 0. The molecule has 0 radical (unpaired) electrons. The van der Waals surface area contributed by atoms with Crippen molar-refractivity contribution in [2.75, 3.05) is 7.11 Å². The number of aromatic amines is 1. The van der Waals surface area contributed by atoms with Gasteiger partial charge in [-0.25, -0.2) is 4.39 Å². The molecule has 0 saturated heterocycles. The van der Waals surface area contributed by atoms with E-state index in [-0.39, 0.29) is 11.7 Å². The lowest BCUT2D eigenvalue weighted by Crippen LogP contribution is -2.29. The molecule has 3 aromatic rings. The highest BCUT2D eigenvalue weighted by Crippen LogP contribution is 2.47. The third-order valence-electron chi connectivity index (χ3n) is 4.47. The smallest absolute Gasteiger partial charge is 0.229 e. The zero-order valence-corrected chi connectivity index (χ0v) is 11.9. The third kappa shape index (κ3) is 1.63. The van der Waals surface area contributed by atoms with Crippen molar-refractivity contribution in [1.29, 1.82) is 0 Å². The molecule has 2 heterocycles. The highest BCUT2D eigenvalue weighted by Gasteiger charge is 2.51. The number of primary amides is 1. The van der Waals surface area contributed by atoms with Gasteiger partial charge in [0.25, 0.3) is 0 Å². The first-order valence-electron chi connectivity index (χ1n) is 7.00. The van der Waals surface area contributed by atoms with Gasteiger partial charge in [0.05, 0.1) is 35.4 Å². The highest BCUT2D eigenvalue weighted by atomic mass is 19.1. The van der Waals surface area contributed by atoms with Gasteiger partial charge in [-0.05, 0) is 25.0 Å². The second-order valence-corrected chi connectivity index (χ2v) is 5.72. The summed E-state index contributed by atoms with van der Waals surface area (Å²) in [6.45, 7) is 0. The van der Waals surface area contributed by atoms with E-state index in [0.29, 0.717) is 18.5 Å². The second-order valence-electron chi connectivity index (χ2n) is 5.72. The topological polar surface area (TPSA) is 81.0 Å². The number of methoxy groups -OCH3 is 1. The van der Waals surface area contributed by atoms with Gasteiger partial charge in [-0.15, -0.1) is 0 Å². The summed E-state index contributed by atoms with van der Waals surface area (Å²) in [6.07, 6.45) is 3.09. The number of aromatic nitrogens is 2. The summed E-state index contributed by atoms with van der Waals surface area (Å²) in [6, 6.07) is 4.88. The van der Waals surface area contributed by atoms with Gasteiger partial charge in [-0.3, -0.25) is 9.78 Å². The zero-order chi connectivity index (χ0) is 15.5. The Balaban J connectivity index is 1.97. The van der Waals surface area contributed by atoms with Crippen LogP contribution in [0.1, 0.15) is 18.5 Å². The van der Waals surface area contributed by atoms with Crippen LogP contribution in [0.5, 0.6) is 5.75 Å². The van der Waals surface area contributed by atoms with Crippen molar-refractivity contribution < 1.29 is 13.9 Å². The quantitative estimate of drug-likeness (QED) is 0.779. The van der Waals surface area contributed by atoms with Crippen molar-refractivity contribution in [3.63, 3.8) is 0 Å². The average Bonchev–Trinajstić information content (AvgIpc) is 3.24. The number of amides is 1. The van der Waals surface area contributed by atoms with Crippen molar-refractivity contribution in [2.24, 2.45) is 5.73 Å². The lowest BCUT2D eigenvalue weighted by atomic mass is 9.99. The Kier molecular flexibility index (Phi) is 2.49. The lowest BCUT2D eigenvalue weighted by molar-refractivity contribution is -0.120. The Morgan fingerprint density at radius 1 is 1.32 bits per heavy atom. The Morgan fingerprint density at radius 2 is 2.05 bits per heavy atom. The van der Waals surface area contributed by atoms with Crippen LogP contribution in [0.25, 0.3) is 21.8 Å². The number of nitrogens with zero attached hydrogens (tertiary/aromatic N) is 1. The molecule has 0 bridgehead atoms. The van der Waals surface area contributed by atoms with E-state index in [1.54, 1.807) is 12.3 Å². The summed E-state index contributed by atoms with van der Waals surface area (Å²) < 4.78 is 19.0. The molecule has 0 aliphatic heterocycles. The fourth-order valence-electron chi connectivity index (χ4n) is 2.97. The number of pyridine rings is 1. The molecule has 1 saturated carbocycles. The summed E-state index contributed by atoms with van der Waals surface area (Å²) in [5.41, 5.74) is 7.05. The number of nitrogens with two attached hydrogens (primary N) is 1. The minimum absolute atomic E-state index is 0.183. The van der Waals surface area contributed by atoms with Crippen LogP contribution < -0.4 is 10.5 Å². The lowest BCUT2D eigenvalue weighted by Gasteiger charge is -2.09. The summed E-state index contributed by atoms with van der Waals surface area (Å²) in [7, 11) is 1.43. The molecule has 6 heteroatoms. The fourth-order valence-corrected chi connectivity index (χ4v) is 2.97. The molecule has 1 amide bonds. The molecule has 1 aromatic carbocycles. The maximum Gasteiger partial charge on any atom is 0.229 e. The number of halogens is 1. The SMILES string of the molecule is COc1cc2[nH]c3cnc(C4(C(N)=O)CC4)cc3c2cc1F. The number of benzene rings is 1. The van der Waals surface area contributed by atoms with Gasteiger partial charge in [-0.1, -0.05) is 0 Å². The van der Waals surface area contributed by atoms with E-state index in [9.17, 15) is 9.18 Å². The predicted octanol–water partition coefficient (Wildman–Crippen LogP) is 2.38. The summed E-state index contributed by atoms with van der Waals surface area (Å²) in [5, 5.41) is 1.56. The van der Waals surface area contributed by atoms with Crippen molar-refractivity contribution in [2.45, 2.75) is 18.3 Å². The molecule has 1 aliphatic carbocycles. The first-order valence-corrected chi connectivity index (χ1v) is 7.00. The Bertz CT molecular complexity index is 928. The van der Waals surface area contributed by atoms with Gasteiger partial charge >= 0.3 is 0 Å². The normalized spacial score (nSPS) is 16.1. The first-order chi connectivity index (χ1) is 10.5. The number of hydrogen-bond acceptors (Lipinski definition) is 3. The van der Waals surface area contributed by atoms with E-state index < -0.39 is 11.2 Å². The molecular formula is C16H14FN3O2. The van der Waals surface area contributed by atoms with E-state index in [4.69, 9.17) is 10.5 Å². The molecule has 0 atom stereocenters. The van der Waals surface area contributed by atoms with Gasteiger partial charge in [-0.2, -0.15) is 0 Å². The largest absolute Gasteiger partial charge is 0.494 e. The van der Waals surface area contributed by atoms with Crippen molar-refractivity contribution in [3.05, 3.63) is 35.9 Å². The molecule has 1 fully saturated rings. The standard InChI is InChI=1S/C16H14FN3O2/c1-22-13-6-11-8(4-10(13)17)9-5-14(19-7-12(9)20-11)16(2-3-16)15(18)21/h4-7,20H,2-3H2,1H3,(H2,18,21). The van der Waals surface area contributed by atoms with Crippen LogP contribution in [0.4, 0.5) is 4.39 Å². The van der Waals surface area contributed by atoms with Crippen LogP contribution >= 0.6 is 0 Å². The number of carbonyl (C=O) groups excluding carboxylic acids is 1. The summed E-state index contributed by atoms with van der Waals surface area (Å²) in [4.78, 5) is 19.2. The number of hydrogen-bond donors (Lipinski definition) is 2. The number of H-pyrrole nitrogens is 1. The van der Waals surface area contributed by atoms with Gasteiger partial charge in [0.15, 0.2) is 11.6 Å². The van der Waals surface area contributed by atoms with Crippen LogP contribution in [0, 0.1) is 5.82 Å². The number of carbonyl (C=O) groups is 1. The van der Waals surface area contributed by atoms with E-state index in [2.05, 4.69) is 9.97 Å². The number of ether oxygens (including phenoxy) is 1.